The highest BCUT2D eigenvalue weighted by Gasteiger charge is 2.29. The monoisotopic (exact) mass is 405 g/mol. The maximum absolute atomic E-state index is 14.2. The van der Waals surface area contributed by atoms with Crippen LogP contribution in [0.2, 0.25) is 0 Å². The van der Waals surface area contributed by atoms with Gasteiger partial charge >= 0.3 is 6.18 Å². The first kappa shape index (κ1) is 20.2. The predicted molar refractivity (Wildman–Crippen MR) is 99.1 cm³/mol. The second-order valence-electron chi connectivity index (χ2n) is 6.04. The van der Waals surface area contributed by atoms with E-state index in [4.69, 9.17) is 4.74 Å². The number of alkyl halides is 3. The fourth-order valence-electron chi connectivity index (χ4n) is 2.62. The van der Waals surface area contributed by atoms with Crippen molar-refractivity contribution < 1.29 is 27.1 Å². The second-order valence-corrected chi connectivity index (χ2v) is 6.04. The van der Waals surface area contributed by atoms with Crippen molar-refractivity contribution in [1.29, 1.82) is 0 Å². The van der Waals surface area contributed by atoms with E-state index in [1.165, 1.54) is 31.5 Å². The fourth-order valence-corrected chi connectivity index (χ4v) is 2.62. The number of carbonyl (C=O) groups is 1. The van der Waals surface area contributed by atoms with Gasteiger partial charge in [0, 0.05) is 17.0 Å². The Kier molecular flexibility index (Phi) is 5.76. The number of pyridine rings is 1. The van der Waals surface area contributed by atoms with Crippen LogP contribution in [0.25, 0.3) is 10.9 Å². The highest BCUT2D eigenvalue weighted by molar-refractivity contribution is 5.89. The SMILES string of the molecule is COc1ccc2ccc(F)c(CC(=O)N/N=C/c3ccc(C(F)(F)F)cc3)c2n1. The van der Waals surface area contributed by atoms with Crippen LogP contribution in [-0.2, 0) is 17.4 Å². The van der Waals surface area contributed by atoms with E-state index in [1.54, 1.807) is 18.2 Å². The van der Waals surface area contributed by atoms with E-state index in [-0.39, 0.29) is 17.9 Å². The van der Waals surface area contributed by atoms with Crippen LogP contribution < -0.4 is 10.2 Å². The Morgan fingerprint density at radius 1 is 1.14 bits per heavy atom. The third-order valence-corrected chi connectivity index (χ3v) is 4.07. The van der Waals surface area contributed by atoms with Crippen molar-refractivity contribution in [3.05, 3.63) is 71.0 Å². The van der Waals surface area contributed by atoms with Gasteiger partial charge in [-0.05, 0) is 35.9 Å². The summed E-state index contributed by atoms with van der Waals surface area (Å²) >= 11 is 0. The summed E-state index contributed by atoms with van der Waals surface area (Å²) in [6.07, 6.45) is -3.56. The number of hydrogen-bond donors (Lipinski definition) is 1. The van der Waals surface area contributed by atoms with E-state index >= 15 is 0 Å². The maximum atomic E-state index is 14.2. The minimum absolute atomic E-state index is 0.0867. The summed E-state index contributed by atoms with van der Waals surface area (Å²) in [6.45, 7) is 0. The summed E-state index contributed by atoms with van der Waals surface area (Å²) < 4.78 is 56.9. The average Bonchev–Trinajstić information content (AvgIpc) is 2.69. The number of methoxy groups -OCH3 is 1. The molecule has 0 saturated heterocycles. The molecule has 0 bridgehead atoms. The summed E-state index contributed by atoms with van der Waals surface area (Å²) in [5, 5.41) is 4.34. The molecule has 1 amide bonds. The molecule has 0 aliphatic rings. The largest absolute Gasteiger partial charge is 0.481 e. The number of hydrazone groups is 1. The number of rotatable bonds is 5. The molecule has 5 nitrogen and oxygen atoms in total. The van der Waals surface area contributed by atoms with Crippen molar-refractivity contribution in [2.24, 2.45) is 5.10 Å². The van der Waals surface area contributed by atoms with Gasteiger partial charge in [-0.15, -0.1) is 0 Å². The molecule has 0 atom stereocenters. The summed E-state index contributed by atoms with van der Waals surface area (Å²) in [5.74, 6) is -0.922. The lowest BCUT2D eigenvalue weighted by Gasteiger charge is -2.08. The third-order valence-electron chi connectivity index (χ3n) is 4.07. The predicted octanol–water partition coefficient (Wildman–Crippen LogP) is 4.09. The summed E-state index contributed by atoms with van der Waals surface area (Å²) in [4.78, 5) is 16.3. The van der Waals surface area contributed by atoms with Gasteiger partial charge in [-0.2, -0.15) is 18.3 Å². The number of carbonyl (C=O) groups excluding carboxylic acids is 1. The topological polar surface area (TPSA) is 63.6 Å². The molecule has 1 aromatic heterocycles. The smallest absolute Gasteiger partial charge is 0.416 e. The third kappa shape index (κ3) is 4.87. The van der Waals surface area contributed by atoms with E-state index in [0.29, 0.717) is 16.5 Å². The number of nitrogens with one attached hydrogen (secondary N) is 1. The molecule has 2 aromatic carbocycles. The van der Waals surface area contributed by atoms with Gasteiger partial charge in [0.1, 0.15) is 5.82 Å². The van der Waals surface area contributed by atoms with Crippen LogP contribution in [0.15, 0.2) is 53.6 Å². The van der Waals surface area contributed by atoms with Gasteiger partial charge in [0.2, 0.25) is 11.8 Å². The first-order valence-electron chi connectivity index (χ1n) is 8.39. The van der Waals surface area contributed by atoms with Gasteiger partial charge in [0.25, 0.3) is 0 Å². The number of nitrogens with zero attached hydrogens (tertiary/aromatic N) is 2. The average molecular weight is 405 g/mol. The van der Waals surface area contributed by atoms with Crippen LogP contribution in [0.4, 0.5) is 17.6 Å². The van der Waals surface area contributed by atoms with Crippen LogP contribution >= 0.6 is 0 Å². The Balaban J connectivity index is 1.71. The van der Waals surface area contributed by atoms with Crippen LogP contribution in [0.5, 0.6) is 5.88 Å². The van der Waals surface area contributed by atoms with Crippen molar-refractivity contribution in [3.8, 4) is 5.88 Å². The normalized spacial score (nSPS) is 11.8. The number of fused-ring (bicyclic) bond motifs is 1. The Morgan fingerprint density at radius 2 is 1.83 bits per heavy atom. The first-order chi connectivity index (χ1) is 13.8. The lowest BCUT2D eigenvalue weighted by Crippen LogP contribution is -2.20. The zero-order valence-corrected chi connectivity index (χ0v) is 15.1. The quantitative estimate of drug-likeness (QED) is 0.395. The summed E-state index contributed by atoms with van der Waals surface area (Å²) in [7, 11) is 1.43. The standard InChI is InChI=1S/C20H15F4N3O2/c1-29-18-9-5-13-4-8-16(21)15(19(13)26-18)10-17(28)27-25-11-12-2-6-14(7-3-12)20(22,23)24/h2-9,11H,10H2,1H3,(H,27,28)/b25-11+. The molecule has 0 unspecified atom stereocenters. The van der Waals surface area contributed by atoms with Crippen molar-refractivity contribution in [3.63, 3.8) is 0 Å². The van der Waals surface area contributed by atoms with E-state index in [2.05, 4.69) is 15.5 Å². The zero-order chi connectivity index (χ0) is 21.0. The Bertz CT molecular complexity index is 1060. The molecule has 29 heavy (non-hydrogen) atoms. The van der Waals surface area contributed by atoms with Gasteiger partial charge in [0.15, 0.2) is 0 Å². The van der Waals surface area contributed by atoms with Crippen LogP contribution in [0, 0.1) is 5.82 Å². The van der Waals surface area contributed by atoms with Crippen molar-refractivity contribution in [1.82, 2.24) is 10.4 Å². The molecule has 0 fully saturated rings. The highest BCUT2D eigenvalue weighted by Crippen LogP contribution is 2.29. The molecule has 3 rings (SSSR count). The van der Waals surface area contributed by atoms with Crippen molar-refractivity contribution in [2.75, 3.05) is 7.11 Å². The summed E-state index contributed by atoms with van der Waals surface area (Å²) in [5.41, 5.74) is 2.19. The number of benzene rings is 2. The molecule has 9 heteroatoms. The van der Waals surface area contributed by atoms with Gasteiger partial charge in [-0.25, -0.2) is 14.8 Å². The molecule has 0 aliphatic heterocycles. The Hall–Kier alpha value is -3.49. The van der Waals surface area contributed by atoms with E-state index in [1.807, 2.05) is 0 Å². The van der Waals surface area contributed by atoms with E-state index < -0.39 is 23.5 Å². The van der Waals surface area contributed by atoms with Gasteiger partial charge in [-0.3, -0.25) is 4.79 Å². The van der Waals surface area contributed by atoms with Crippen molar-refractivity contribution in [2.45, 2.75) is 12.6 Å². The van der Waals surface area contributed by atoms with Gasteiger partial charge < -0.3 is 4.74 Å². The minimum atomic E-state index is -4.43. The number of ether oxygens (including phenoxy) is 1. The molecule has 0 radical (unpaired) electrons. The highest BCUT2D eigenvalue weighted by atomic mass is 19.4. The Labute approximate surface area is 163 Å². The molecular formula is C20H15F4N3O2. The maximum Gasteiger partial charge on any atom is 0.416 e. The number of hydrogen-bond acceptors (Lipinski definition) is 4. The number of halogens is 4. The molecule has 3 aromatic rings. The molecule has 0 spiro atoms. The first-order valence-corrected chi connectivity index (χ1v) is 8.39. The lowest BCUT2D eigenvalue weighted by atomic mass is 10.1. The molecule has 1 N–H and O–H groups in total. The fraction of sp³-hybridized carbons (Fsp3) is 0.150. The van der Waals surface area contributed by atoms with Crippen molar-refractivity contribution >= 4 is 23.0 Å². The lowest BCUT2D eigenvalue weighted by molar-refractivity contribution is -0.137. The number of amides is 1. The molecule has 0 aliphatic carbocycles. The zero-order valence-electron chi connectivity index (χ0n) is 15.1. The molecule has 1 heterocycles. The number of aromatic nitrogens is 1. The summed E-state index contributed by atoms with van der Waals surface area (Å²) in [6, 6.07) is 10.4. The van der Waals surface area contributed by atoms with E-state index in [9.17, 15) is 22.4 Å². The second kappa shape index (κ2) is 8.26. The van der Waals surface area contributed by atoms with Gasteiger partial charge in [0.05, 0.1) is 30.8 Å². The minimum Gasteiger partial charge on any atom is -0.481 e. The molecule has 150 valence electrons. The molecule has 0 saturated carbocycles. The van der Waals surface area contributed by atoms with Crippen LogP contribution in [0.1, 0.15) is 16.7 Å². The van der Waals surface area contributed by atoms with Gasteiger partial charge in [-0.1, -0.05) is 12.1 Å². The van der Waals surface area contributed by atoms with Crippen LogP contribution in [0.3, 0.4) is 0 Å². The van der Waals surface area contributed by atoms with E-state index in [0.717, 1.165) is 12.1 Å². The van der Waals surface area contributed by atoms with Crippen LogP contribution in [-0.4, -0.2) is 24.2 Å². The Morgan fingerprint density at radius 3 is 2.48 bits per heavy atom. The molecular weight excluding hydrogens is 390 g/mol.